The first kappa shape index (κ1) is 20.9. The second-order valence-electron chi connectivity index (χ2n) is 7.72. The molecule has 0 bridgehead atoms. The summed E-state index contributed by atoms with van der Waals surface area (Å²) >= 11 is 0. The molecule has 2 heterocycles. The van der Waals surface area contributed by atoms with Gasteiger partial charge in [0.25, 0.3) is 5.95 Å². The van der Waals surface area contributed by atoms with Crippen LogP contribution in [0.1, 0.15) is 41.9 Å². The zero-order chi connectivity index (χ0) is 21.1. The third-order valence-electron chi connectivity index (χ3n) is 5.19. The number of nitrogens with zero attached hydrogens (tertiary/aromatic N) is 1. The Kier molecular flexibility index (Phi) is 6.28. The first-order valence-electron chi connectivity index (χ1n) is 9.75. The van der Waals surface area contributed by atoms with Crippen molar-refractivity contribution in [2.45, 2.75) is 33.3 Å². The molecule has 1 aliphatic rings. The minimum atomic E-state index is -0.268. The Morgan fingerprint density at radius 2 is 1.86 bits per heavy atom. The van der Waals surface area contributed by atoms with E-state index < -0.39 is 0 Å². The molecule has 29 heavy (non-hydrogen) atoms. The molecule has 0 spiro atoms. The first-order chi connectivity index (χ1) is 13.8. The lowest BCUT2D eigenvalue weighted by Crippen LogP contribution is -2.15. The summed E-state index contributed by atoms with van der Waals surface area (Å²) < 4.78 is 17.0. The van der Waals surface area contributed by atoms with Crippen LogP contribution in [0.25, 0.3) is 6.08 Å². The Morgan fingerprint density at radius 1 is 1.17 bits per heavy atom. The van der Waals surface area contributed by atoms with Crippen LogP contribution in [0.3, 0.4) is 0 Å². The highest BCUT2D eigenvalue weighted by Crippen LogP contribution is 2.35. The smallest absolute Gasteiger partial charge is 0.291 e. The summed E-state index contributed by atoms with van der Waals surface area (Å²) in [5.41, 5.74) is 5.68. The number of benzene rings is 1. The summed E-state index contributed by atoms with van der Waals surface area (Å²) in [4.78, 5) is 14.5. The van der Waals surface area contributed by atoms with Gasteiger partial charge in [0.05, 0.1) is 19.3 Å². The van der Waals surface area contributed by atoms with Crippen LogP contribution in [0.5, 0.6) is 5.95 Å². The summed E-state index contributed by atoms with van der Waals surface area (Å²) in [6.45, 7) is 6.10. The second-order valence-corrected chi connectivity index (χ2v) is 7.72. The fourth-order valence-electron chi connectivity index (χ4n) is 3.57. The molecule has 1 aromatic heterocycles. The maximum absolute atomic E-state index is 12.4. The molecule has 1 atom stereocenters. The second kappa shape index (κ2) is 8.70. The van der Waals surface area contributed by atoms with E-state index in [-0.39, 0.29) is 17.5 Å². The maximum atomic E-state index is 12.4. The topological polar surface area (TPSA) is 51.9 Å². The average Bonchev–Trinajstić information content (AvgIpc) is 3.14. The third kappa shape index (κ3) is 4.62. The predicted octanol–water partition coefficient (Wildman–Crippen LogP) is 4.82. The number of hydrogen-bond donors (Lipinski definition) is 0. The number of hydrogen-bond acceptors (Lipinski definition) is 5. The van der Waals surface area contributed by atoms with Gasteiger partial charge in [-0.25, -0.2) is 0 Å². The summed E-state index contributed by atoms with van der Waals surface area (Å²) in [7, 11) is 5.57. The van der Waals surface area contributed by atoms with E-state index in [1.54, 1.807) is 13.8 Å². The van der Waals surface area contributed by atoms with Gasteiger partial charge in [-0.15, -0.1) is 0 Å². The number of ether oxygens (including phenoxy) is 2. The monoisotopic (exact) mass is 395 g/mol. The Morgan fingerprint density at radius 3 is 2.48 bits per heavy atom. The molecular weight excluding hydrogens is 366 g/mol. The van der Waals surface area contributed by atoms with Crippen molar-refractivity contribution < 1.29 is 13.9 Å². The van der Waals surface area contributed by atoms with Crippen molar-refractivity contribution in [3.8, 4) is 5.95 Å². The molecule has 0 saturated carbocycles. The first-order valence-corrected chi connectivity index (χ1v) is 9.75. The number of rotatable bonds is 5. The molecule has 0 unspecified atom stereocenters. The third-order valence-corrected chi connectivity index (χ3v) is 5.19. The van der Waals surface area contributed by atoms with Gasteiger partial charge in [-0.1, -0.05) is 29.9 Å². The van der Waals surface area contributed by atoms with E-state index in [0.717, 1.165) is 11.1 Å². The lowest BCUT2D eigenvalue weighted by Gasteiger charge is -2.13. The van der Waals surface area contributed by atoms with Crippen LogP contribution in [0.2, 0.25) is 0 Å². The van der Waals surface area contributed by atoms with E-state index >= 15 is 0 Å². The molecule has 0 amide bonds. The fraction of sp³-hybridized carbons (Fsp3) is 0.375. The van der Waals surface area contributed by atoms with Gasteiger partial charge < -0.3 is 18.8 Å². The van der Waals surface area contributed by atoms with Crippen molar-refractivity contribution in [3.05, 3.63) is 74.2 Å². The Labute approximate surface area is 172 Å². The van der Waals surface area contributed by atoms with Gasteiger partial charge in [0, 0.05) is 31.8 Å². The summed E-state index contributed by atoms with van der Waals surface area (Å²) in [6.07, 6.45) is 4.73. The fourth-order valence-corrected chi connectivity index (χ4v) is 3.57. The number of anilines is 1. The van der Waals surface area contributed by atoms with E-state index in [2.05, 4.69) is 48.2 Å². The highest BCUT2D eigenvalue weighted by atomic mass is 16.6. The van der Waals surface area contributed by atoms with Crippen LogP contribution in [0, 0.1) is 13.8 Å². The van der Waals surface area contributed by atoms with Crippen LogP contribution >= 0.6 is 0 Å². The van der Waals surface area contributed by atoms with Crippen molar-refractivity contribution >= 4 is 11.8 Å². The largest absolute Gasteiger partial charge is 0.468 e. The van der Waals surface area contributed by atoms with Gasteiger partial charge in [0.15, 0.2) is 5.43 Å². The number of methoxy groups -OCH3 is 1. The van der Waals surface area contributed by atoms with E-state index in [1.165, 1.54) is 18.4 Å². The van der Waals surface area contributed by atoms with E-state index in [1.807, 2.05) is 14.1 Å². The highest BCUT2D eigenvalue weighted by molar-refractivity contribution is 5.59. The van der Waals surface area contributed by atoms with Gasteiger partial charge >= 0.3 is 0 Å². The van der Waals surface area contributed by atoms with Gasteiger partial charge in [0.1, 0.15) is 11.9 Å². The molecule has 5 heteroatoms. The van der Waals surface area contributed by atoms with Crippen molar-refractivity contribution in [2.24, 2.45) is 0 Å². The normalized spacial score (nSPS) is 18.3. The molecule has 2 aromatic rings. The van der Waals surface area contributed by atoms with Crippen molar-refractivity contribution in [1.82, 2.24) is 0 Å². The minimum Gasteiger partial charge on any atom is -0.468 e. The van der Waals surface area contributed by atoms with E-state index in [9.17, 15) is 4.79 Å². The van der Waals surface area contributed by atoms with E-state index in [0.29, 0.717) is 29.9 Å². The summed E-state index contributed by atoms with van der Waals surface area (Å²) in [6, 6.07) is 8.44. The van der Waals surface area contributed by atoms with Crippen LogP contribution in [0.15, 0.2) is 50.7 Å². The lowest BCUT2D eigenvalue weighted by molar-refractivity contribution is 0.0880. The molecule has 0 radical (unpaired) electrons. The Balaban J connectivity index is 1.77. The number of allylic oxidation sites excluding steroid dienone is 2. The molecule has 5 nitrogen and oxygen atoms in total. The quantitative estimate of drug-likeness (QED) is 0.726. The zero-order valence-electron chi connectivity index (χ0n) is 18.0. The van der Waals surface area contributed by atoms with E-state index in [4.69, 9.17) is 13.9 Å². The predicted molar refractivity (Wildman–Crippen MR) is 117 cm³/mol. The maximum Gasteiger partial charge on any atom is 0.291 e. The van der Waals surface area contributed by atoms with Gasteiger partial charge in [-0.3, -0.25) is 4.79 Å². The molecule has 1 fully saturated rings. The summed E-state index contributed by atoms with van der Waals surface area (Å²) in [5, 5.41) is 0. The van der Waals surface area contributed by atoms with Crippen molar-refractivity contribution in [2.75, 3.05) is 32.7 Å². The molecule has 0 aliphatic carbocycles. The molecule has 1 aliphatic heterocycles. The summed E-state index contributed by atoms with van der Waals surface area (Å²) in [5.74, 6) is 0.815. The molecule has 0 N–H and O–H groups in total. The molecule has 1 saturated heterocycles. The molecule has 1 aromatic carbocycles. The molecular formula is C24H29NO4. The van der Waals surface area contributed by atoms with Crippen molar-refractivity contribution in [1.29, 1.82) is 0 Å². The lowest BCUT2D eigenvalue weighted by atomic mass is 10.0. The van der Waals surface area contributed by atoms with Crippen LogP contribution in [0.4, 0.5) is 5.69 Å². The zero-order valence-corrected chi connectivity index (χ0v) is 18.0. The SMILES string of the molecule is COc1oc([C@H]2C/C(=C/C(C)=C/c3ccc(N(C)C)cc3)CO2)c(C)c(=O)c1C. The van der Waals surface area contributed by atoms with Gasteiger partial charge in [-0.05, 0) is 44.0 Å². The van der Waals surface area contributed by atoms with Crippen LogP contribution in [-0.4, -0.2) is 27.8 Å². The van der Waals surface area contributed by atoms with Gasteiger partial charge in [-0.2, -0.15) is 0 Å². The Hall–Kier alpha value is -2.79. The van der Waals surface area contributed by atoms with Crippen LogP contribution in [-0.2, 0) is 4.74 Å². The highest BCUT2D eigenvalue weighted by Gasteiger charge is 2.28. The van der Waals surface area contributed by atoms with Crippen molar-refractivity contribution in [3.63, 3.8) is 0 Å². The minimum absolute atomic E-state index is 0.0543. The van der Waals surface area contributed by atoms with Gasteiger partial charge in [0.2, 0.25) is 0 Å². The molecule has 3 rings (SSSR count). The average molecular weight is 395 g/mol. The Bertz CT molecular complexity index is 997. The van der Waals surface area contributed by atoms with Crippen LogP contribution < -0.4 is 15.1 Å². The standard InChI is InChI=1S/C24H29NO4/c1-15(11-18-7-9-20(10-8-18)25(4)5)12-19-13-21(28-14-19)23-16(2)22(26)17(3)24(27-6)29-23/h7-12,21H,13-14H2,1-6H3/b15-11+,19-12-/t21-/m1/s1. The molecule has 154 valence electrons.